The standard InChI is InChI=1S/C19H27FN4O3/c1-2-23(11-13-3-4-13)17(10-21)19(26)22-14-5-6-16(15(20)9-14)24-7-8-27-12-18(24)25/h5-6,9,13,17H,2-4,7-8,10-12,21H2,1H3,(H,22,26)/t17-/m1/s1. The Balaban J connectivity index is 1.67. The minimum absolute atomic E-state index is 0.0516. The largest absolute Gasteiger partial charge is 0.370 e. The monoisotopic (exact) mass is 378 g/mol. The summed E-state index contributed by atoms with van der Waals surface area (Å²) in [6, 6.07) is 3.90. The number of amides is 2. The fraction of sp³-hybridized carbons (Fsp3) is 0.579. The molecule has 1 saturated heterocycles. The number of halogens is 1. The molecular formula is C19H27FN4O3. The first-order chi connectivity index (χ1) is 13.0. The van der Waals surface area contributed by atoms with Gasteiger partial charge in [-0.15, -0.1) is 0 Å². The Morgan fingerprint density at radius 2 is 2.26 bits per heavy atom. The van der Waals surface area contributed by atoms with Gasteiger partial charge in [0, 0.05) is 25.3 Å². The molecule has 3 rings (SSSR count). The highest BCUT2D eigenvalue weighted by Crippen LogP contribution is 2.30. The maximum Gasteiger partial charge on any atom is 0.253 e. The molecule has 0 aromatic heterocycles. The average molecular weight is 378 g/mol. The molecule has 2 amide bonds. The normalized spacial score (nSPS) is 18.7. The number of nitrogens with two attached hydrogens (primary N) is 1. The lowest BCUT2D eigenvalue weighted by molar-refractivity contribution is -0.125. The van der Waals surface area contributed by atoms with Crippen LogP contribution in [0.2, 0.25) is 0 Å². The van der Waals surface area contributed by atoms with Gasteiger partial charge in [0.2, 0.25) is 5.91 Å². The summed E-state index contributed by atoms with van der Waals surface area (Å²) in [5, 5.41) is 2.75. The third kappa shape index (κ3) is 4.82. The van der Waals surface area contributed by atoms with Gasteiger partial charge in [-0.1, -0.05) is 6.92 Å². The van der Waals surface area contributed by atoms with Gasteiger partial charge in [0.05, 0.1) is 12.3 Å². The lowest BCUT2D eigenvalue weighted by Gasteiger charge is -2.29. The number of morpholine rings is 1. The smallest absolute Gasteiger partial charge is 0.253 e. The average Bonchev–Trinajstić information content (AvgIpc) is 3.46. The summed E-state index contributed by atoms with van der Waals surface area (Å²) in [7, 11) is 0. The van der Waals surface area contributed by atoms with Gasteiger partial charge in [-0.3, -0.25) is 14.5 Å². The minimum atomic E-state index is -0.558. The molecule has 2 fully saturated rings. The lowest BCUT2D eigenvalue weighted by Crippen LogP contribution is -2.49. The number of hydrogen-bond donors (Lipinski definition) is 2. The molecule has 3 N–H and O–H groups in total. The second-order valence-electron chi connectivity index (χ2n) is 7.04. The van der Waals surface area contributed by atoms with Crippen molar-refractivity contribution in [3.05, 3.63) is 24.0 Å². The topological polar surface area (TPSA) is 87.9 Å². The Morgan fingerprint density at radius 1 is 1.48 bits per heavy atom. The van der Waals surface area contributed by atoms with Gasteiger partial charge in [0.25, 0.3) is 5.91 Å². The number of carbonyl (C=O) groups excluding carboxylic acids is 2. The van der Waals surface area contributed by atoms with Crippen molar-refractivity contribution >= 4 is 23.2 Å². The SMILES string of the molecule is CCN(CC1CC1)[C@H](CN)C(=O)Nc1ccc(N2CCOCC2=O)c(F)c1. The molecule has 8 heteroatoms. The Bertz CT molecular complexity index is 696. The number of rotatable bonds is 8. The molecule has 0 bridgehead atoms. The number of hydrogen-bond acceptors (Lipinski definition) is 5. The van der Waals surface area contributed by atoms with Crippen LogP contribution < -0.4 is 16.0 Å². The molecule has 0 radical (unpaired) electrons. The fourth-order valence-electron chi connectivity index (χ4n) is 3.33. The summed E-state index contributed by atoms with van der Waals surface area (Å²) < 4.78 is 19.6. The molecule has 7 nitrogen and oxygen atoms in total. The van der Waals surface area contributed by atoms with Crippen molar-refractivity contribution in [3.8, 4) is 0 Å². The summed E-state index contributed by atoms with van der Waals surface area (Å²) in [5.41, 5.74) is 6.38. The van der Waals surface area contributed by atoms with E-state index in [0.717, 1.165) is 13.1 Å². The van der Waals surface area contributed by atoms with E-state index in [-0.39, 0.29) is 30.7 Å². The molecule has 0 unspecified atom stereocenters. The highest BCUT2D eigenvalue weighted by molar-refractivity contribution is 5.97. The quantitative estimate of drug-likeness (QED) is 0.709. The van der Waals surface area contributed by atoms with E-state index in [9.17, 15) is 14.0 Å². The number of nitrogens with one attached hydrogen (secondary N) is 1. The summed E-state index contributed by atoms with van der Waals surface area (Å²) in [6.07, 6.45) is 2.39. The molecule has 148 valence electrons. The van der Waals surface area contributed by atoms with Gasteiger partial charge in [-0.05, 0) is 43.5 Å². The van der Waals surface area contributed by atoms with E-state index in [2.05, 4.69) is 10.2 Å². The number of anilines is 2. The molecule has 2 aliphatic rings. The summed E-state index contributed by atoms with van der Waals surface area (Å²) in [5.74, 6) is -0.430. The van der Waals surface area contributed by atoms with E-state index in [4.69, 9.17) is 10.5 Å². The van der Waals surface area contributed by atoms with Crippen LogP contribution in [-0.4, -0.2) is 62.1 Å². The van der Waals surface area contributed by atoms with E-state index in [1.807, 2.05) is 6.92 Å². The summed E-state index contributed by atoms with van der Waals surface area (Å²) in [6.45, 7) is 4.43. The van der Waals surface area contributed by atoms with Gasteiger partial charge < -0.3 is 20.7 Å². The van der Waals surface area contributed by atoms with Gasteiger partial charge >= 0.3 is 0 Å². The third-order valence-corrected chi connectivity index (χ3v) is 5.05. The Kier molecular flexibility index (Phi) is 6.41. The molecule has 1 heterocycles. The maximum atomic E-state index is 14.5. The molecule has 1 aliphatic heterocycles. The van der Waals surface area contributed by atoms with Crippen molar-refractivity contribution in [2.75, 3.05) is 49.6 Å². The predicted octanol–water partition coefficient (Wildman–Crippen LogP) is 1.19. The first-order valence-electron chi connectivity index (χ1n) is 9.46. The van der Waals surface area contributed by atoms with Crippen LogP contribution >= 0.6 is 0 Å². The van der Waals surface area contributed by atoms with E-state index in [1.54, 1.807) is 6.07 Å². The van der Waals surface area contributed by atoms with Crippen LogP contribution in [0.4, 0.5) is 15.8 Å². The third-order valence-electron chi connectivity index (χ3n) is 5.05. The first-order valence-corrected chi connectivity index (χ1v) is 9.46. The summed E-state index contributed by atoms with van der Waals surface area (Å²) >= 11 is 0. The highest BCUT2D eigenvalue weighted by Gasteiger charge is 2.30. The first kappa shape index (κ1) is 19.7. The van der Waals surface area contributed by atoms with Crippen LogP contribution in [0.15, 0.2) is 18.2 Å². The van der Waals surface area contributed by atoms with Gasteiger partial charge in [-0.25, -0.2) is 4.39 Å². The fourth-order valence-corrected chi connectivity index (χ4v) is 3.33. The van der Waals surface area contributed by atoms with Gasteiger partial charge in [0.15, 0.2) is 0 Å². The van der Waals surface area contributed by atoms with Crippen molar-refractivity contribution in [1.29, 1.82) is 0 Å². The second-order valence-corrected chi connectivity index (χ2v) is 7.04. The van der Waals surface area contributed by atoms with Crippen molar-refractivity contribution < 1.29 is 18.7 Å². The Labute approximate surface area is 158 Å². The summed E-state index contributed by atoms with van der Waals surface area (Å²) in [4.78, 5) is 28.0. The number of likely N-dealkylation sites (N-methyl/N-ethyl adjacent to an activating group) is 1. The molecule has 1 aromatic rings. The number of nitrogens with zero attached hydrogens (tertiary/aromatic N) is 2. The van der Waals surface area contributed by atoms with Gasteiger partial charge in [-0.2, -0.15) is 0 Å². The van der Waals surface area contributed by atoms with Crippen LogP contribution in [0.25, 0.3) is 0 Å². The van der Waals surface area contributed by atoms with Crippen LogP contribution in [0, 0.1) is 11.7 Å². The van der Waals surface area contributed by atoms with Crippen LogP contribution in [0.1, 0.15) is 19.8 Å². The zero-order chi connectivity index (χ0) is 19.4. The van der Waals surface area contributed by atoms with Crippen molar-refractivity contribution in [2.24, 2.45) is 11.7 Å². The van der Waals surface area contributed by atoms with Gasteiger partial charge in [0.1, 0.15) is 18.5 Å². The van der Waals surface area contributed by atoms with Crippen molar-refractivity contribution in [3.63, 3.8) is 0 Å². The zero-order valence-corrected chi connectivity index (χ0v) is 15.6. The molecule has 1 saturated carbocycles. The Hall–Kier alpha value is -2.03. The van der Waals surface area contributed by atoms with E-state index in [1.165, 1.54) is 29.9 Å². The van der Waals surface area contributed by atoms with Crippen LogP contribution in [0.5, 0.6) is 0 Å². The minimum Gasteiger partial charge on any atom is -0.370 e. The molecular weight excluding hydrogens is 351 g/mol. The maximum absolute atomic E-state index is 14.5. The van der Waals surface area contributed by atoms with Crippen LogP contribution in [0.3, 0.4) is 0 Å². The van der Waals surface area contributed by atoms with E-state index < -0.39 is 11.9 Å². The highest BCUT2D eigenvalue weighted by atomic mass is 19.1. The second kappa shape index (κ2) is 8.77. The molecule has 27 heavy (non-hydrogen) atoms. The molecule has 1 atom stereocenters. The molecule has 1 aromatic carbocycles. The number of carbonyl (C=O) groups is 2. The number of ether oxygens (including phenoxy) is 1. The van der Waals surface area contributed by atoms with E-state index >= 15 is 0 Å². The Morgan fingerprint density at radius 3 is 2.85 bits per heavy atom. The molecule has 0 spiro atoms. The zero-order valence-electron chi connectivity index (χ0n) is 15.6. The van der Waals surface area contributed by atoms with E-state index in [0.29, 0.717) is 24.8 Å². The number of benzene rings is 1. The predicted molar refractivity (Wildman–Crippen MR) is 101 cm³/mol. The van der Waals surface area contributed by atoms with Crippen molar-refractivity contribution in [2.45, 2.75) is 25.8 Å². The molecule has 1 aliphatic carbocycles. The van der Waals surface area contributed by atoms with Crippen LogP contribution in [-0.2, 0) is 14.3 Å². The lowest BCUT2D eigenvalue weighted by atomic mass is 10.2. The van der Waals surface area contributed by atoms with Crippen molar-refractivity contribution in [1.82, 2.24) is 4.90 Å².